The summed E-state index contributed by atoms with van der Waals surface area (Å²) in [6.45, 7) is 3.30. The molecule has 0 heterocycles. The van der Waals surface area contributed by atoms with E-state index in [1.165, 1.54) is 19.3 Å². The minimum atomic E-state index is -0.287. The molecule has 2 aliphatic rings. The van der Waals surface area contributed by atoms with Crippen LogP contribution in [0.1, 0.15) is 71.1 Å². The van der Waals surface area contributed by atoms with E-state index in [0.717, 1.165) is 38.5 Å². The van der Waals surface area contributed by atoms with Gasteiger partial charge in [0.15, 0.2) is 0 Å². The fraction of sp³-hybridized carbons (Fsp3) is 0.941. The number of hydrogen-bond acceptors (Lipinski definition) is 3. The molecular formula is C17H32N2O2. The Balaban J connectivity index is 1.83. The lowest BCUT2D eigenvalue weighted by atomic mass is 9.71. The first-order valence-electron chi connectivity index (χ1n) is 8.65. The van der Waals surface area contributed by atoms with Gasteiger partial charge in [-0.3, -0.25) is 4.79 Å². The van der Waals surface area contributed by atoms with Crippen LogP contribution in [0.15, 0.2) is 0 Å². The Morgan fingerprint density at radius 3 is 2.48 bits per heavy atom. The fourth-order valence-corrected chi connectivity index (χ4v) is 4.05. The Labute approximate surface area is 128 Å². The van der Waals surface area contributed by atoms with Crippen LogP contribution < -0.4 is 11.1 Å². The summed E-state index contributed by atoms with van der Waals surface area (Å²) >= 11 is 0. The molecule has 0 aromatic carbocycles. The van der Waals surface area contributed by atoms with E-state index < -0.39 is 0 Å². The van der Waals surface area contributed by atoms with Crippen molar-refractivity contribution in [2.24, 2.45) is 16.6 Å². The van der Waals surface area contributed by atoms with Crippen molar-refractivity contribution < 1.29 is 9.90 Å². The van der Waals surface area contributed by atoms with Gasteiger partial charge in [0.25, 0.3) is 0 Å². The average molecular weight is 296 g/mol. The van der Waals surface area contributed by atoms with E-state index in [9.17, 15) is 9.90 Å². The number of rotatable bonds is 5. The van der Waals surface area contributed by atoms with Crippen molar-refractivity contribution in [1.29, 1.82) is 0 Å². The van der Waals surface area contributed by atoms with Gasteiger partial charge in [-0.15, -0.1) is 0 Å². The molecule has 2 rings (SSSR count). The van der Waals surface area contributed by atoms with Crippen molar-refractivity contribution in [3.8, 4) is 0 Å². The zero-order valence-electron chi connectivity index (χ0n) is 13.5. The first-order valence-corrected chi connectivity index (χ1v) is 8.65. The molecule has 21 heavy (non-hydrogen) atoms. The van der Waals surface area contributed by atoms with Crippen LogP contribution in [0.25, 0.3) is 0 Å². The second kappa shape index (κ2) is 7.10. The summed E-state index contributed by atoms with van der Waals surface area (Å²) in [4.78, 5) is 12.3. The first-order chi connectivity index (χ1) is 10.00. The predicted molar refractivity (Wildman–Crippen MR) is 84.8 cm³/mol. The molecular weight excluding hydrogens is 264 g/mol. The highest BCUT2D eigenvalue weighted by Gasteiger charge is 2.37. The van der Waals surface area contributed by atoms with Crippen molar-refractivity contribution in [3.05, 3.63) is 0 Å². The lowest BCUT2D eigenvalue weighted by Gasteiger charge is -2.39. The van der Waals surface area contributed by atoms with Gasteiger partial charge in [0, 0.05) is 18.4 Å². The van der Waals surface area contributed by atoms with Gasteiger partial charge >= 0.3 is 0 Å². The predicted octanol–water partition coefficient (Wildman–Crippen LogP) is 2.34. The smallest absolute Gasteiger partial charge is 0.220 e. The molecule has 4 nitrogen and oxygen atoms in total. The van der Waals surface area contributed by atoms with Crippen LogP contribution in [0.5, 0.6) is 0 Å². The molecule has 2 unspecified atom stereocenters. The lowest BCUT2D eigenvalue weighted by molar-refractivity contribution is -0.125. The fourth-order valence-electron chi connectivity index (χ4n) is 4.05. The summed E-state index contributed by atoms with van der Waals surface area (Å²) in [6.07, 6.45) is 10.2. The maximum Gasteiger partial charge on any atom is 0.220 e. The zero-order chi connectivity index (χ0) is 15.3. The summed E-state index contributed by atoms with van der Waals surface area (Å²) < 4.78 is 0. The molecule has 1 amide bonds. The van der Waals surface area contributed by atoms with E-state index >= 15 is 0 Å². The molecule has 2 aliphatic carbocycles. The van der Waals surface area contributed by atoms with Crippen molar-refractivity contribution in [3.63, 3.8) is 0 Å². The normalized spacial score (nSPS) is 32.6. The van der Waals surface area contributed by atoms with E-state index in [2.05, 4.69) is 12.2 Å². The molecule has 0 bridgehead atoms. The van der Waals surface area contributed by atoms with Gasteiger partial charge in [0.2, 0.25) is 5.91 Å². The maximum absolute atomic E-state index is 12.3. The number of carbonyl (C=O) groups is 1. The number of nitrogens with one attached hydrogen (secondary N) is 1. The van der Waals surface area contributed by atoms with Crippen LogP contribution in [-0.2, 0) is 4.79 Å². The number of aliphatic hydroxyl groups is 1. The summed E-state index contributed by atoms with van der Waals surface area (Å²) in [6, 6.07) is 0. The standard InChI is InChI=1S/C17H32N2O2/c1-16(8-6-3-7-14(16)20)13-19-15(21)11-17(12-18)9-4-2-5-10-17/h14,20H,2-13,18H2,1H3,(H,19,21). The van der Waals surface area contributed by atoms with Crippen LogP contribution >= 0.6 is 0 Å². The third-order valence-electron chi connectivity index (χ3n) is 5.85. The Hall–Kier alpha value is -0.610. The third-order valence-corrected chi connectivity index (χ3v) is 5.85. The van der Waals surface area contributed by atoms with E-state index in [1.807, 2.05) is 0 Å². The van der Waals surface area contributed by atoms with Crippen molar-refractivity contribution >= 4 is 5.91 Å². The van der Waals surface area contributed by atoms with Crippen LogP contribution in [-0.4, -0.2) is 30.2 Å². The van der Waals surface area contributed by atoms with Crippen LogP contribution in [0.4, 0.5) is 0 Å². The van der Waals surface area contributed by atoms with Gasteiger partial charge in [-0.05, 0) is 37.6 Å². The van der Waals surface area contributed by atoms with E-state index in [-0.39, 0.29) is 22.8 Å². The molecule has 0 spiro atoms. The van der Waals surface area contributed by atoms with Crippen molar-refractivity contribution in [2.75, 3.05) is 13.1 Å². The van der Waals surface area contributed by atoms with Crippen LogP contribution in [0.3, 0.4) is 0 Å². The first kappa shape index (κ1) is 16.8. The Bertz CT molecular complexity index is 353. The molecule has 0 aliphatic heterocycles. The van der Waals surface area contributed by atoms with E-state index in [0.29, 0.717) is 19.5 Å². The largest absolute Gasteiger partial charge is 0.392 e. The SMILES string of the molecule is CC1(CNC(=O)CC2(CN)CCCCC2)CCCCC1O. The molecule has 4 heteroatoms. The quantitative estimate of drug-likeness (QED) is 0.729. The molecule has 0 saturated heterocycles. The van der Waals surface area contributed by atoms with Crippen molar-refractivity contribution in [2.45, 2.75) is 77.2 Å². The van der Waals surface area contributed by atoms with Gasteiger partial charge < -0.3 is 16.2 Å². The zero-order valence-corrected chi connectivity index (χ0v) is 13.5. The molecule has 0 radical (unpaired) electrons. The molecule has 2 saturated carbocycles. The van der Waals surface area contributed by atoms with Gasteiger partial charge in [-0.2, -0.15) is 0 Å². The van der Waals surface area contributed by atoms with Gasteiger partial charge in [0.05, 0.1) is 6.10 Å². The number of hydrogen-bond donors (Lipinski definition) is 3. The number of carbonyl (C=O) groups excluding carboxylic acids is 1. The minimum Gasteiger partial charge on any atom is -0.392 e. The van der Waals surface area contributed by atoms with Crippen LogP contribution in [0.2, 0.25) is 0 Å². The summed E-state index contributed by atoms with van der Waals surface area (Å²) in [5, 5.41) is 13.3. The minimum absolute atomic E-state index is 0.0222. The van der Waals surface area contributed by atoms with Crippen molar-refractivity contribution in [1.82, 2.24) is 5.32 Å². The third kappa shape index (κ3) is 4.19. The highest BCUT2D eigenvalue weighted by Crippen LogP contribution is 2.39. The van der Waals surface area contributed by atoms with Gasteiger partial charge in [-0.25, -0.2) is 0 Å². The number of aliphatic hydroxyl groups excluding tert-OH is 1. The maximum atomic E-state index is 12.3. The Morgan fingerprint density at radius 1 is 1.19 bits per heavy atom. The highest BCUT2D eigenvalue weighted by atomic mass is 16.3. The van der Waals surface area contributed by atoms with Crippen LogP contribution in [0, 0.1) is 10.8 Å². The second-order valence-corrected chi connectivity index (χ2v) is 7.63. The van der Waals surface area contributed by atoms with Gasteiger partial charge in [0.1, 0.15) is 0 Å². The summed E-state index contributed by atoms with van der Waals surface area (Å²) in [5.41, 5.74) is 5.82. The number of amides is 1. The topological polar surface area (TPSA) is 75.4 Å². The molecule has 0 aromatic rings. The Morgan fingerprint density at radius 2 is 1.86 bits per heavy atom. The molecule has 122 valence electrons. The summed E-state index contributed by atoms with van der Waals surface area (Å²) in [7, 11) is 0. The van der Waals surface area contributed by atoms with Gasteiger partial charge in [-0.1, -0.05) is 39.0 Å². The van der Waals surface area contributed by atoms with E-state index in [1.54, 1.807) is 0 Å². The Kier molecular flexibility index (Phi) is 5.67. The highest BCUT2D eigenvalue weighted by molar-refractivity contribution is 5.76. The monoisotopic (exact) mass is 296 g/mol. The molecule has 0 aromatic heterocycles. The number of nitrogens with two attached hydrogens (primary N) is 1. The summed E-state index contributed by atoms with van der Waals surface area (Å²) in [5.74, 6) is 0.112. The average Bonchev–Trinajstić information content (AvgIpc) is 2.49. The molecule has 2 atom stereocenters. The second-order valence-electron chi connectivity index (χ2n) is 7.63. The lowest BCUT2D eigenvalue weighted by Crippen LogP contribution is -2.46. The molecule has 2 fully saturated rings. The molecule has 4 N–H and O–H groups in total. The van der Waals surface area contributed by atoms with E-state index in [4.69, 9.17) is 5.73 Å².